The number of benzene rings is 2. The van der Waals surface area contributed by atoms with Crippen molar-refractivity contribution in [3.05, 3.63) is 65.7 Å². The molecule has 1 heterocycles. The summed E-state index contributed by atoms with van der Waals surface area (Å²) in [5.41, 5.74) is 1.70. The van der Waals surface area contributed by atoms with E-state index in [0.29, 0.717) is 0 Å². The van der Waals surface area contributed by atoms with E-state index in [2.05, 4.69) is 20.7 Å². The van der Waals surface area contributed by atoms with Gasteiger partial charge in [-0.25, -0.2) is 0 Å². The van der Waals surface area contributed by atoms with Crippen LogP contribution < -0.4 is 20.7 Å². The standard InChI is InChI=1S/C22H23F2N3O3/c23-22(24)30-16-10-8-14(9-11-16)19(13-6-7-13)27-21(29)17-12-18(28)26-20(25-17)15-4-2-1-3-5-15/h1-5,8-11,13,17,19-20,22,25H,6-7,12H2,(H,26,28)(H,27,29)/t17?,19-,20?/m1/s1. The van der Waals surface area contributed by atoms with Gasteiger partial charge in [0.05, 0.1) is 18.5 Å². The van der Waals surface area contributed by atoms with Gasteiger partial charge in [0, 0.05) is 0 Å². The molecule has 1 aliphatic heterocycles. The van der Waals surface area contributed by atoms with Gasteiger partial charge in [-0.2, -0.15) is 8.78 Å². The SMILES string of the molecule is O=C1CC(C(=O)N[C@@H](c2ccc(OC(F)F)cc2)C2CC2)NC(c2ccccc2)N1. The topological polar surface area (TPSA) is 79.5 Å². The first-order valence-corrected chi connectivity index (χ1v) is 9.95. The van der Waals surface area contributed by atoms with Gasteiger partial charge in [-0.1, -0.05) is 42.5 Å². The molecule has 8 heteroatoms. The molecule has 2 aromatic rings. The van der Waals surface area contributed by atoms with Crippen LogP contribution in [0.4, 0.5) is 8.78 Å². The van der Waals surface area contributed by atoms with E-state index in [0.717, 1.165) is 24.0 Å². The molecule has 1 saturated carbocycles. The van der Waals surface area contributed by atoms with Gasteiger partial charge >= 0.3 is 6.61 Å². The Morgan fingerprint density at radius 2 is 1.77 bits per heavy atom. The van der Waals surface area contributed by atoms with Crippen LogP contribution >= 0.6 is 0 Å². The number of hydrogen-bond donors (Lipinski definition) is 3. The maximum atomic E-state index is 13.0. The van der Waals surface area contributed by atoms with Crippen molar-refractivity contribution in [1.29, 1.82) is 0 Å². The van der Waals surface area contributed by atoms with Crippen LogP contribution in [0.25, 0.3) is 0 Å². The summed E-state index contributed by atoms with van der Waals surface area (Å²) in [5.74, 6) is -0.0843. The summed E-state index contributed by atoms with van der Waals surface area (Å²) in [6, 6.07) is 14.8. The highest BCUT2D eigenvalue weighted by molar-refractivity contribution is 5.90. The number of ether oxygens (including phenoxy) is 1. The largest absolute Gasteiger partial charge is 0.435 e. The predicted molar refractivity (Wildman–Crippen MR) is 106 cm³/mol. The zero-order valence-electron chi connectivity index (χ0n) is 16.2. The molecule has 0 aromatic heterocycles. The van der Waals surface area contributed by atoms with Crippen molar-refractivity contribution >= 4 is 11.8 Å². The Morgan fingerprint density at radius 1 is 1.07 bits per heavy atom. The Bertz CT molecular complexity index is 888. The van der Waals surface area contributed by atoms with Crippen molar-refractivity contribution in [2.24, 2.45) is 5.92 Å². The van der Waals surface area contributed by atoms with Gasteiger partial charge in [0.1, 0.15) is 11.9 Å². The van der Waals surface area contributed by atoms with Crippen molar-refractivity contribution in [2.45, 2.75) is 44.1 Å². The average molecular weight is 415 g/mol. The second-order valence-corrected chi connectivity index (χ2v) is 7.61. The maximum Gasteiger partial charge on any atom is 0.387 e. The van der Waals surface area contributed by atoms with Gasteiger partial charge in [0.25, 0.3) is 0 Å². The zero-order valence-corrected chi connectivity index (χ0v) is 16.2. The number of carbonyl (C=O) groups is 2. The predicted octanol–water partition coefficient (Wildman–Crippen LogP) is 3.03. The molecule has 3 N–H and O–H groups in total. The second-order valence-electron chi connectivity index (χ2n) is 7.61. The smallest absolute Gasteiger partial charge is 0.387 e. The fourth-order valence-electron chi connectivity index (χ4n) is 3.71. The minimum absolute atomic E-state index is 0.0493. The third-order valence-corrected chi connectivity index (χ3v) is 5.37. The molecule has 0 spiro atoms. The lowest BCUT2D eigenvalue weighted by molar-refractivity contribution is -0.132. The molecule has 2 aromatic carbocycles. The number of carbonyl (C=O) groups excluding carboxylic acids is 2. The summed E-state index contributed by atoms with van der Waals surface area (Å²) in [7, 11) is 0. The molecule has 3 atom stereocenters. The first-order valence-electron chi connectivity index (χ1n) is 9.95. The Balaban J connectivity index is 1.44. The van der Waals surface area contributed by atoms with Crippen LogP contribution in [-0.4, -0.2) is 24.5 Å². The van der Waals surface area contributed by atoms with Crippen molar-refractivity contribution in [1.82, 2.24) is 16.0 Å². The minimum atomic E-state index is -2.88. The molecular weight excluding hydrogens is 392 g/mol. The van der Waals surface area contributed by atoms with Gasteiger partial charge < -0.3 is 15.4 Å². The maximum absolute atomic E-state index is 13.0. The monoisotopic (exact) mass is 415 g/mol. The van der Waals surface area contributed by atoms with Crippen molar-refractivity contribution in [3.63, 3.8) is 0 Å². The first-order chi connectivity index (χ1) is 14.5. The molecule has 2 unspecified atom stereocenters. The molecular formula is C22H23F2N3O3. The lowest BCUT2D eigenvalue weighted by atomic mass is 10.0. The zero-order chi connectivity index (χ0) is 21.1. The van der Waals surface area contributed by atoms with Crippen LogP contribution in [0.2, 0.25) is 0 Å². The Hall–Kier alpha value is -3.00. The first kappa shape index (κ1) is 20.3. The Morgan fingerprint density at radius 3 is 2.40 bits per heavy atom. The van der Waals surface area contributed by atoms with Crippen LogP contribution in [0.3, 0.4) is 0 Å². The highest BCUT2D eigenvalue weighted by Gasteiger charge is 2.37. The number of alkyl halides is 2. The average Bonchev–Trinajstić information content (AvgIpc) is 3.57. The van der Waals surface area contributed by atoms with E-state index in [4.69, 9.17) is 0 Å². The van der Waals surface area contributed by atoms with E-state index in [9.17, 15) is 18.4 Å². The van der Waals surface area contributed by atoms with Crippen molar-refractivity contribution < 1.29 is 23.1 Å². The van der Waals surface area contributed by atoms with Gasteiger partial charge in [-0.15, -0.1) is 0 Å². The van der Waals surface area contributed by atoms with Crippen LogP contribution in [-0.2, 0) is 9.59 Å². The number of amides is 2. The van der Waals surface area contributed by atoms with Crippen LogP contribution in [0.15, 0.2) is 54.6 Å². The van der Waals surface area contributed by atoms with Gasteiger partial charge in [-0.05, 0) is 42.0 Å². The lowest BCUT2D eigenvalue weighted by Crippen LogP contribution is -2.56. The van der Waals surface area contributed by atoms with E-state index in [-0.39, 0.29) is 35.9 Å². The van der Waals surface area contributed by atoms with Crippen molar-refractivity contribution in [2.75, 3.05) is 0 Å². The molecule has 2 fully saturated rings. The highest BCUT2D eigenvalue weighted by Crippen LogP contribution is 2.41. The molecule has 4 rings (SSSR count). The van der Waals surface area contributed by atoms with Crippen LogP contribution in [0.1, 0.15) is 42.6 Å². The quantitative estimate of drug-likeness (QED) is 0.650. The molecule has 1 saturated heterocycles. The molecule has 0 bridgehead atoms. The summed E-state index contributed by atoms with van der Waals surface area (Å²) in [5, 5.41) is 9.10. The van der Waals surface area contributed by atoms with E-state index in [1.807, 2.05) is 30.3 Å². The molecule has 0 radical (unpaired) electrons. The van der Waals surface area contributed by atoms with Crippen LogP contribution in [0, 0.1) is 5.92 Å². The van der Waals surface area contributed by atoms with E-state index < -0.39 is 18.8 Å². The Kier molecular flexibility index (Phi) is 5.94. The number of rotatable bonds is 7. The number of halogens is 2. The summed E-state index contributed by atoms with van der Waals surface area (Å²) >= 11 is 0. The minimum Gasteiger partial charge on any atom is -0.435 e. The van der Waals surface area contributed by atoms with Gasteiger partial charge in [0.2, 0.25) is 11.8 Å². The molecule has 158 valence electrons. The fraction of sp³-hybridized carbons (Fsp3) is 0.364. The Labute approximate surface area is 173 Å². The summed E-state index contributed by atoms with van der Waals surface area (Å²) < 4.78 is 29.1. The van der Waals surface area contributed by atoms with Crippen molar-refractivity contribution in [3.8, 4) is 5.75 Å². The summed E-state index contributed by atoms with van der Waals surface area (Å²) in [6.07, 6.45) is 1.57. The molecule has 2 aliphatic rings. The normalized spacial score (nSPS) is 22.3. The van der Waals surface area contributed by atoms with E-state index >= 15 is 0 Å². The molecule has 2 amide bonds. The summed E-state index contributed by atoms with van der Waals surface area (Å²) in [4.78, 5) is 25.2. The molecule has 6 nitrogen and oxygen atoms in total. The third kappa shape index (κ3) is 4.94. The third-order valence-electron chi connectivity index (χ3n) is 5.37. The van der Waals surface area contributed by atoms with E-state index in [1.165, 1.54) is 12.1 Å². The lowest BCUT2D eigenvalue weighted by Gasteiger charge is -2.32. The van der Waals surface area contributed by atoms with E-state index in [1.54, 1.807) is 12.1 Å². The second kappa shape index (κ2) is 8.79. The highest BCUT2D eigenvalue weighted by atomic mass is 19.3. The number of hydrogen-bond acceptors (Lipinski definition) is 4. The van der Waals surface area contributed by atoms with Gasteiger partial charge in [0.15, 0.2) is 0 Å². The summed E-state index contributed by atoms with van der Waals surface area (Å²) in [6.45, 7) is -2.88. The van der Waals surface area contributed by atoms with Gasteiger partial charge in [-0.3, -0.25) is 14.9 Å². The fourth-order valence-corrected chi connectivity index (χ4v) is 3.71. The molecule has 30 heavy (non-hydrogen) atoms. The number of nitrogens with one attached hydrogen (secondary N) is 3. The molecule has 1 aliphatic carbocycles. The van der Waals surface area contributed by atoms with Crippen LogP contribution in [0.5, 0.6) is 5.75 Å².